The van der Waals surface area contributed by atoms with Crippen molar-refractivity contribution in [3.63, 3.8) is 0 Å². The van der Waals surface area contributed by atoms with Gasteiger partial charge in [-0.2, -0.15) is 5.10 Å². The van der Waals surface area contributed by atoms with Gasteiger partial charge in [-0.3, -0.25) is 4.68 Å². The maximum Gasteiger partial charge on any atom is 0.221 e. The molecular formula is C22H27N7O. The Kier molecular flexibility index (Phi) is 4.86. The van der Waals surface area contributed by atoms with Crippen LogP contribution in [0.15, 0.2) is 36.7 Å². The highest BCUT2D eigenvalue weighted by Gasteiger charge is 2.35. The SMILES string of the molecule is COc1nc(-c2ccc(N(C)C3CC4CCC(C3)N4)nn2)ccc1-c1cnn(C)c1. The third kappa shape index (κ3) is 3.52. The molecule has 2 saturated heterocycles. The molecule has 0 aromatic carbocycles. The average Bonchev–Trinajstić information content (AvgIpc) is 3.37. The Morgan fingerprint density at radius 3 is 2.47 bits per heavy atom. The molecule has 30 heavy (non-hydrogen) atoms. The fourth-order valence-corrected chi connectivity index (χ4v) is 4.70. The van der Waals surface area contributed by atoms with Crippen molar-refractivity contribution in [1.82, 2.24) is 30.3 Å². The van der Waals surface area contributed by atoms with Crippen LogP contribution in [0.4, 0.5) is 5.82 Å². The van der Waals surface area contributed by atoms with Gasteiger partial charge in [0.1, 0.15) is 5.69 Å². The van der Waals surface area contributed by atoms with Gasteiger partial charge in [0.05, 0.1) is 19.0 Å². The minimum atomic E-state index is 0.515. The van der Waals surface area contributed by atoms with E-state index in [9.17, 15) is 0 Å². The molecule has 5 heterocycles. The Morgan fingerprint density at radius 2 is 1.83 bits per heavy atom. The van der Waals surface area contributed by atoms with E-state index in [0.717, 1.165) is 28.3 Å². The van der Waals surface area contributed by atoms with Crippen LogP contribution < -0.4 is 15.0 Å². The second-order valence-electron chi connectivity index (χ2n) is 8.31. The van der Waals surface area contributed by atoms with Gasteiger partial charge in [0, 0.05) is 49.5 Å². The average molecular weight is 406 g/mol. The van der Waals surface area contributed by atoms with Crippen LogP contribution in [0.3, 0.4) is 0 Å². The molecule has 0 radical (unpaired) electrons. The highest BCUT2D eigenvalue weighted by atomic mass is 16.5. The number of hydrogen-bond donors (Lipinski definition) is 1. The van der Waals surface area contributed by atoms with E-state index in [2.05, 4.69) is 37.5 Å². The minimum Gasteiger partial charge on any atom is -0.481 e. The molecule has 2 unspecified atom stereocenters. The van der Waals surface area contributed by atoms with Crippen LogP contribution in [-0.4, -0.2) is 57.2 Å². The summed E-state index contributed by atoms with van der Waals surface area (Å²) in [7, 11) is 5.64. The molecule has 0 spiro atoms. The lowest BCUT2D eigenvalue weighted by Crippen LogP contribution is -2.47. The van der Waals surface area contributed by atoms with Gasteiger partial charge in [-0.1, -0.05) is 0 Å². The van der Waals surface area contributed by atoms with Crippen LogP contribution in [-0.2, 0) is 7.05 Å². The summed E-state index contributed by atoms with van der Waals surface area (Å²) in [4.78, 5) is 6.94. The first-order valence-electron chi connectivity index (χ1n) is 10.5. The third-order valence-corrected chi connectivity index (χ3v) is 6.34. The normalized spacial score (nSPS) is 22.8. The van der Waals surface area contributed by atoms with Gasteiger partial charge in [0.15, 0.2) is 5.82 Å². The van der Waals surface area contributed by atoms with Crippen molar-refractivity contribution in [3.8, 4) is 28.4 Å². The number of pyridine rings is 1. The Morgan fingerprint density at radius 1 is 1.07 bits per heavy atom. The first-order valence-corrected chi connectivity index (χ1v) is 10.5. The number of nitrogens with one attached hydrogen (secondary N) is 1. The number of aryl methyl sites for hydroxylation is 1. The van der Waals surface area contributed by atoms with Gasteiger partial charge in [0.25, 0.3) is 0 Å². The van der Waals surface area contributed by atoms with Gasteiger partial charge in [-0.25, -0.2) is 4.98 Å². The van der Waals surface area contributed by atoms with Gasteiger partial charge < -0.3 is 15.0 Å². The summed E-state index contributed by atoms with van der Waals surface area (Å²) in [6.45, 7) is 0. The summed E-state index contributed by atoms with van der Waals surface area (Å²) >= 11 is 0. The number of piperidine rings is 1. The van der Waals surface area contributed by atoms with Crippen LogP contribution in [0, 0.1) is 0 Å². The molecule has 156 valence electrons. The predicted molar refractivity (Wildman–Crippen MR) is 115 cm³/mol. The van der Waals surface area contributed by atoms with Crippen LogP contribution in [0.5, 0.6) is 5.88 Å². The lowest BCUT2D eigenvalue weighted by Gasteiger charge is -2.36. The summed E-state index contributed by atoms with van der Waals surface area (Å²) in [6, 6.07) is 9.78. The van der Waals surface area contributed by atoms with Crippen LogP contribution >= 0.6 is 0 Å². The zero-order valence-electron chi connectivity index (χ0n) is 17.6. The van der Waals surface area contributed by atoms with E-state index < -0.39 is 0 Å². The molecule has 0 saturated carbocycles. The molecule has 3 aromatic rings. The lowest BCUT2D eigenvalue weighted by molar-refractivity contribution is 0.353. The van der Waals surface area contributed by atoms with E-state index in [1.54, 1.807) is 18.0 Å². The number of fused-ring (bicyclic) bond motifs is 2. The van der Waals surface area contributed by atoms with E-state index in [4.69, 9.17) is 4.74 Å². The number of methoxy groups -OCH3 is 1. The highest BCUT2D eigenvalue weighted by molar-refractivity contribution is 5.70. The molecule has 2 fully saturated rings. The summed E-state index contributed by atoms with van der Waals surface area (Å²) in [5.74, 6) is 1.46. The van der Waals surface area contributed by atoms with Crippen molar-refractivity contribution in [2.45, 2.75) is 43.8 Å². The molecule has 2 aliphatic rings. The molecule has 1 N–H and O–H groups in total. The fraction of sp³-hybridized carbons (Fsp3) is 0.455. The van der Waals surface area contributed by atoms with Gasteiger partial charge in [-0.15, -0.1) is 10.2 Å². The van der Waals surface area contributed by atoms with Gasteiger partial charge >= 0.3 is 0 Å². The number of rotatable bonds is 5. The number of aromatic nitrogens is 5. The number of hydrogen-bond acceptors (Lipinski definition) is 7. The molecule has 2 atom stereocenters. The summed E-state index contributed by atoms with van der Waals surface area (Å²) < 4.78 is 7.29. The molecule has 0 amide bonds. The second kappa shape index (κ2) is 7.68. The van der Waals surface area contributed by atoms with Crippen molar-refractivity contribution in [2.75, 3.05) is 19.1 Å². The van der Waals surface area contributed by atoms with Crippen molar-refractivity contribution < 1.29 is 4.74 Å². The minimum absolute atomic E-state index is 0.515. The molecule has 5 rings (SSSR count). The topological polar surface area (TPSA) is 81.0 Å². The highest BCUT2D eigenvalue weighted by Crippen LogP contribution is 2.32. The quantitative estimate of drug-likeness (QED) is 0.699. The summed E-state index contributed by atoms with van der Waals surface area (Å²) in [5.41, 5.74) is 3.33. The molecule has 3 aromatic heterocycles. The maximum absolute atomic E-state index is 5.53. The monoisotopic (exact) mass is 405 g/mol. The Bertz CT molecular complexity index is 1020. The summed E-state index contributed by atoms with van der Waals surface area (Å²) in [6.07, 6.45) is 8.67. The molecule has 2 bridgehead atoms. The smallest absolute Gasteiger partial charge is 0.221 e. The van der Waals surface area contributed by atoms with Gasteiger partial charge in [-0.05, 0) is 49.9 Å². The molecule has 2 aliphatic heterocycles. The molecular weight excluding hydrogens is 378 g/mol. The van der Waals surface area contributed by atoms with E-state index in [1.165, 1.54) is 25.7 Å². The lowest BCUT2D eigenvalue weighted by atomic mass is 9.98. The van der Waals surface area contributed by atoms with Crippen LogP contribution in [0.25, 0.3) is 22.5 Å². The molecule has 8 nitrogen and oxygen atoms in total. The number of anilines is 1. The Balaban J connectivity index is 1.36. The first kappa shape index (κ1) is 19.0. The van der Waals surface area contributed by atoms with E-state index >= 15 is 0 Å². The maximum atomic E-state index is 5.53. The van der Waals surface area contributed by atoms with Crippen LogP contribution in [0.1, 0.15) is 25.7 Å². The zero-order chi connectivity index (χ0) is 20.7. The molecule has 0 aliphatic carbocycles. The standard InChI is InChI=1S/C22H27N7O/c1-28-13-14(12-23-28)18-6-7-19(25-22(18)30-3)20-8-9-21(27-26-20)29(2)17-10-15-4-5-16(11-17)24-15/h6-9,12-13,15-17,24H,4-5,10-11H2,1-3H3. The summed E-state index contributed by atoms with van der Waals surface area (Å²) in [5, 5.41) is 16.9. The van der Waals surface area contributed by atoms with Gasteiger partial charge in [0.2, 0.25) is 5.88 Å². The van der Waals surface area contributed by atoms with E-state index in [-0.39, 0.29) is 0 Å². The fourth-order valence-electron chi connectivity index (χ4n) is 4.70. The largest absolute Gasteiger partial charge is 0.481 e. The number of ether oxygens (including phenoxy) is 1. The van der Waals surface area contributed by atoms with Crippen molar-refractivity contribution in [2.24, 2.45) is 7.05 Å². The zero-order valence-corrected chi connectivity index (χ0v) is 17.6. The molecule has 8 heteroatoms. The predicted octanol–water partition coefficient (Wildman–Crippen LogP) is 2.67. The van der Waals surface area contributed by atoms with Crippen molar-refractivity contribution in [3.05, 3.63) is 36.7 Å². The van der Waals surface area contributed by atoms with Crippen molar-refractivity contribution in [1.29, 1.82) is 0 Å². The second-order valence-corrected chi connectivity index (χ2v) is 8.31. The number of nitrogens with zero attached hydrogens (tertiary/aromatic N) is 6. The first-order chi connectivity index (χ1) is 14.6. The Labute approximate surface area is 176 Å². The van der Waals surface area contributed by atoms with Crippen molar-refractivity contribution >= 4 is 5.82 Å². The third-order valence-electron chi connectivity index (χ3n) is 6.34. The van der Waals surface area contributed by atoms with E-state index in [0.29, 0.717) is 24.0 Å². The van der Waals surface area contributed by atoms with E-state index in [1.807, 2.05) is 37.5 Å². The van der Waals surface area contributed by atoms with Crippen LogP contribution in [0.2, 0.25) is 0 Å². The Hall–Kier alpha value is -3.00.